The van der Waals surface area contributed by atoms with Crippen LogP contribution in [-0.4, -0.2) is 41.6 Å². The second-order valence-corrected chi connectivity index (χ2v) is 1.90. The van der Waals surface area contributed by atoms with Crippen LogP contribution in [0.1, 0.15) is 0 Å². The van der Waals surface area contributed by atoms with Crippen molar-refractivity contribution in [1.82, 2.24) is 0 Å². The summed E-state index contributed by atoms with van der Waals surface area (Å²) >= 11 is 0. The molecular weight excluding hydrogens is 239 g/mol. The Kier molecular flexibility index (Phi) is 25.4. The van der Waals surface area contributed by atoms with Crippen LogP contribution < -0.4 is 0 Å². The smallest absolute Gasteiger partial charge is 0 e. The van der Waals surface area contributed by atoms with E-state index in [9.17, 15) is 8.76 Å². The Labute approximate surface area is 97.4 Å². The van der Waals surface area contributed by atoms with Crippen LogP contribution in [0.15, 0.2) is 0 Å². The molecule has 0 fully saturated rings. The van der Waals surface area contributed by atoms with Crippen molar-refractivity contribution in [3.05, 3.63) is 0 Å². The van der Waals surface area contributed by atoms with E-state index in [1.165, 1.54) is 0 Å². The third-order valence-electron chi connectivity index (χ3n) is 0.225. The molecule has 0 heterocycles. The van der Waals surface area contributed by atoms with Gasteiger partial charge >= 0.3 is 37.5 Å². The topological polar surface area (TPSA) is 46.5 Å². The van der Waals surface area contributed by atoms with Gasteiger partial charge in [-0.2, -0.15) is 0 Å². The van der Waals surface area contributed by atoms with Gasteiger partial charge in [0.1, 0.15) is 0 Å². The molecule has 0 aromatic rings. The van der Waals surface area contributed by atoms with Crippen molar-refractivity contribution in [2.24, 2.45) is 0 Å². The van der Waals surface area contributed by atoms with Gasteiger partial charge in [-0.05, 0) is 0 Å². The first-order chi connectivity index (χ1) is 2.56. The summed E-state index contributed by atoms with van der Waals surface area (Å²) in [6.07, 6.45) is 0. The van der Waals surface area contributed by atoms with E-state index in [4.69, 9.17) is 4.89 Å². The van der Waals surface area contributed by atoms with Crippen LogP contribution in [0.2, 0.25) is 0 Å². The Morgan fingerprint density at radius 3 is 1.78 bits per heavy atom. The van der Waals surface area contributed by atoms with Crippen molar-refractivity contribution in [3.8, 4) is 0 Å². The average Bonchev–Trinajstić information content (AvgIpc) is 1.35. The van der Waals surface area contributed by atoms with Crippen LogP contribution in [0.4, 0.5) is 4.20 Å². The second kappa shape index (κ2) is 10.2. The van der Waals surface area contributed by atoms with Gasteiger partial charge in [-0.15, -0.1) is 4.20 Å². The molecule has 8 heteroatoms. The van der Waals surface area contributed by atoms with Gasteiger partial charge in [-0.1, -0.05) is 0 Å². The standard InChI is InChI=1S/CH4FO3P.Mn.Na.V.H/c1-5-6(2,3)4;;;;/h1H3,(H,3,4);;;;. The molecule has 0 spiro atoms. The minimum absolute atomic E-state index is 0. The summed E-state index contributed by atoms with van der Waals surface area (Å²) in [5.74, 6) is 0. The summed E-state index contributed by atoms with van der Waals surface area (Å²) in [5, 5.41) is 0. The number of hydrogen-bond donors (Lipinski definition) is 1. The fraction of sp³-hybridized carbons (Fsp3) is 1.00. The molecule has 1 unspecified atom stereocenters. The van der Waals surface area contributed by atoms with Gasteiger partial charge < -0.3 is 0 Å². The summed E-state index contributed by atoms with van der Waals surface area (Å²) in [6.45, 7) is 0. The quantitative estimate of drug-likeness (QED) is 0.523. The van der Waals surface area contributed by atoms with E-state index in [0.29, 0.717) is 0 Å². The Bertz CT molecular complexity index is 87.9. The van der Waals surface area contributed by atoms with Crippen molar-refractivity contribution in [3.63, 3.8) is 0 Å². The van der Waals surface area contributed by atoms with E-state index >= 15 is 0 Å². The molecule has 1 N–H and O–H groups in total. The van der Waals surface area contributed by atoms with Crippen molar-refractivity contribution >= 4 is 37.5 Å². The van der Waals surface area contributed by atoms with E-state index < -0.39 is 7.91 Å². The minimum atomic E-state index is -4.65. The van der Waals surface area contributed by atoms with Crippen molar-refractivity contribution < 1.29 is 53.8 Å². The third-order valence-corrected chi connectivity index (χ3v) is 0.676. The maximum atomic E-state index is 11.0. The monoisotopic (exact) mass is 244 g/mol. The number of halogens is 1. The maximum Gasteiger partial charge on any atom is 0 e. The predicted molar refractivity (Wildman–Crippen MR) is 25.1 cm³/mol. The fourth-order valence-electron chi connectivity index (χ4n) is 0. The SMILES string of the molecule is COP(=O)(O)F.[Mn].[NaH].[V]. The molecule has 0 bridgehead atoms. The summed E-state index contributed by atoms with van der Waals surface area (Å²) in [5.41, 5.74) is 0. The first kappa shape index (κ1) is 22.5. The molecule has 0 aliphatic rings. The van der Waals surface area contributed by atoms with Crippen LogP contribution in [-0.2, 0) is 44.7 Å². The zero-order chi connectivity index (χ0) is 5.21. The second-order valence-electron chi connectivity index (χ2n) is 0.634. The van der Waals surface area contributed by atoms with E-state index in [0.717, 1.165) is 7.11 Å². The van der Waals surface area contributed by atoms with Crippen LogP contribution in [0.3, 0.4) is 0 Å². The first-order valence-corrected chi connectivity index (χ1v) is 2.61. The van der Waals surface area contributed by atoms with Gasteiger partial charge in [0.2, 0.25) is 0 Å². The van der Waals surface area contributed by atoms with Crippen molar-refractivity contribution in [2.45, 2.75) is 0 Å². The molecule has 1 atom stereocenters. The Morgan fingerprint density at radius 2 is 1.78 bits per heavy atom. The van der Waals surface area contributed by atoms with Crippen LogP contribution >= 0.6 is 7.91 Å². The van der Waals surface area contributed by atoms with Gasteiger partial charge in [0.25, 0.3) is 0 Å². The first-order valence-electron chi connectivity index (χ1n) is 1.14. The van der Waals surface area contributed by atoms with Gasteiger partial charge in [0.15, 0.2) is 0 Å². The molecule has 0 aliphatic carbocycles. The molecule has 0 aliphatic heterocycles. The summed E-state index contributed by atoms with van der Waals surface area (Å²) in [7, 11) is -3.83. The van der Waals surface area contributed by atoms with E-state index in [-0.39, 0.29) is 65.2 Å². The third kappa shape index (κ3) is 25.4. The maximum absolute atomic E-state index is 11.0. The molecule has 0 rings (SSSR count). The van der Waals surface area contributed by atoms with Gasteiger partial charge in [-0.3, -0.25) is 9.42 Å². The average molecular weight is 244 g/mol. The molecule has 52 valence electrons. The zero-order valence-electron chi connectivity index (χ0n) is 3.91. The molecule has 0 aromatic heterocycles. The van der Waals surface area contributed by atoms with Gasteiger partial charge in [-0.25, -0.2) is 4.57 Å². The number of hydrogen-bond acceptors (Lipinski definition) is 2. The minimum Gasteiger partial charge on any atom is 0 e. The molecule has 9 heavy (non-hydrogen) atoms. The summed E-state index contributed by atoms with van der Waals surface area (Å²) in [4.78, 5) is 7.49. The summed E-state index contributed by atoms with van der Waals surface area (Å²) in [6, 6.07) is 0. The van der Waals surface area contributed by atoms with Gasteiger partial charge in [0, 0.05) is 42.7 Å². The Morgan fingerprint density at radius 1 is 1.67 bits per heavy atom. The van der Waals surface area contributed by atoms with Crippen LogP contribution in [0.25, 0.3) is 0 Å². The predicted octanol–water partition coefficient (Wildman–Crippen LogP) is 0.0492. The van der Waals surface area contributed by atoms with E-state index in [1.54, 1.807) is 0 Å². The molecule has 0 amide bonds. The largest absolute Gasteiger partial charge is 0 e. The molecule has 0 saturated carbocycles. The molecular formula is CH5FMnNaO3PV. The molecule has 2 radical (unpaired) electrons. The Balaban J connectivity index is -0.0000000417. The van der Waals surface area contributed by atoms with Crippen LogP contribution in [0, 0.1) is 0 Å². The molecule has 0 aromatic carbocycles. The van der Waals surface area contributed by atoms with E-state index in [2.05, 4.69) is 4.52 Å². The van der Waals surface area contributed by atoms with Crippen molar-refractivity contribution in [2.75, 3.05) is 7.11 Å². The van der Waals surface area contributed by atoms with Gasteiger partial charge in [0.05, 0.1) is 0 Å². The molecule has 0 saturated heterocycles. The van der Waals surface area contributed by atoms with E-state index in [1.807, 2.05) is 0 Å². The Hall–Kier alpha value is 2.18. The zero-order valence-corrected chi connectivity index (χ0v) is 7.39. The van der Waals surface area contributed by atoms with Crippen molar-refractivity contribution in [1.29, 1.82) is 0 Å². The summed E-state index contributed by atoms with van der Waals surface area (Å²) < 4.78 is 23.6. The fourth-order valence-corrected chi connectivity index (χ4v) is 0. The normalized spacial score (nSPS) is 13.2. The molecule has 3 nitrogen and oxygen atoms in total. The number of rotatable bonds is 1. The van der Waals surface area contributed by atoms with Crippen LogP contribution in [0.5, 0.6) is 0 Å².